The Morgan fingerprint density at radius 2 is 1.68 bits per heavy atom. The van der Waals surface area contributed by atoms with Crippen molar-refractivity contribution in [3.8, 4) is 0 Å². The molecule has 1 amide bonds. The Morgan fingerprint density at radius 1 is 1.12 bits per heavy atom. The van der Waals surface area contributed by atoms with E-state index in [-0.39, 0.29) is 23.4 Å². The third kappa shape index (κ3) is 5.04. The molecule has 0 saturated heterocycles. The summed E-state index contributed by atoms with van der Waals surface area (Å²) in [5.41, 5.74) is 1.86. The highest BCUT2D eigenvalue weighted by atomic mass is 35.5. The number of nitrogens with one attached hydrogen (secondary N) is 1. The van der Waals surface area contributed by atoms with Gasteiger partial charge in [-0.15, -0.1) is 0 Å². The second kappa shape index (κ2) is 7.99. The molecule has 0 spiro atoms. The molecule has 0 radical (unpaired) electrons. The Bertz CT molecular complexity index is 834. The highest BCUT2D eigenvalue weighted by molar-refractivity contribution is 7.89. The zero-order valence-electron chi connectivity index (χ0n) is 14.4. The largest absolute Gasteiger partial charge is 0.348 e. The highest BCUT2D eigenvalue weighted by Crippen LogP contribution is 2.17. The number of aryl methyl sites for hydroxylation is 1. The lowest BCUT2D eigenvalue weighted by molar-refractivity contribution is -0.121. The topological polar surface area (TPSA) is 66.5 Å². The molecule has 0 aliphatic heterocycles. The molecule has 7 heteroatoms. The number of sulfonamides is 1. The molecular weight excluding hydrogens is 360 g/mol. The van der Waals surface area contributed by atoms with Gasteiger partial charge in [-0.1, -0.05) is 41.4 Å². The van der Waals surface area contributed by atoms with Crippen LogP contribution < -0.4 is 5.32 Å². The van der Waals surface area contributed by atoms with Crippen LogP contribution in [0.2, 0.25) is 5.02 Å². The maximum absolute atomic E-state index is 12.5. The van der Waals surface area contributed by atoms with Gasteiger partial charge in [-0.2, -0.15) is 4.31 Å². The van der Waals surface area contributed by atoms with E-state index in [0.717, 1.165) is 15.4 Å². The van der Waals surface area contributed by atoms with Crippen molar-refractivity contribution in [2.24, 2.45) is 0 Å². The molecule has 134 valence electrons. The number of carbonyl (C=O) groups is 1. The van der Waals surface area contributed by atoms with Gasteiger partial charge in [0, 0.05) is 12.1 Å². The van der Waals surface area contributed by atoms with Crippen LogP contribution in [0.15, 0.2) is 53.4 Å². The molecule has 0 unspecified atom stereocenters. The number of nitrogens with zero attached hydrogens (tertiary/aromatic N) is 1. The van der Waals surface area contributed by atoms with E-state index in [1.165, 1.54) is 19.2 Å². The van der Waals surface area contributed by atoms with Crippen molar-refractivity contribution in [1.82, 2.24) is 9.62 Å². The first kappa shape index (κ1) is 19.4. The predicted molar refractivity (Wildman–Crippen MR) is 99.0 cm³/mol. The molecule has 0 saturated carbocycles. The summed E-state index contributed by atoms with van der Waals surface area (Å²) in [6, 6.07) is 13.4. The van der Waals surface area contributed by atoms with Crippen LogP contribution in [0.3, 0.4) is 0 Å². The van der Waals surface area contributed by atoms with Gasteiger partial charge in [-0.25, -0.2) is 8.42 Å². The van der Waals surface area contributed by atoms with Crippen LogP contribution in [0, 0.1) is 6.92 Å². The van der Waals surface area contributed by atoms with E-state index < -0.39 is 10.0 Å². The van der Waals surface area contributed by atoms with Crippen LogP contribution in [-0.2, 0) is 14.8 Å². The highest BCUT2D eigenvalue weighted by Gasteiger charge is 2.23. The Morgan fingerprint density at radius 3 is 2.24 bits per heavy atom. The first-order chi connectivity index (χ1) is 11.7. The van der Waals surface area contributed by atoms with Gasteiger partial charge >= 0.3 is 0 Å². The smallest absolute Gasteiger partial charge is 0.243 e. The molecule has 2 rings (SSSR count). The van der Waals surface area contributed by atoms with Gasteiger partial charge < -0.3 is 5.32 Å². The molecule has 2 aromatic carbocycles. The van der Waals surface area contributed by atoms with Gasteiger partial charge in [-0.3, -0.25) is 4.79 Å². The molecule has 0 heterocycles. The van der Waals surface area contributed by atoms with Gasteiger partial charge in [0.15, 0.2) is 0 Å². The summed E-state index contributed by atoms with van der Waals surface area (Å²) in [5.74, 6) is -0.374. The van der Waals surface area contributed by atoms with Gasteiger partial charge in [-0.05, 0) is 43.7 Å². The molecule has 0 bridgehead atoms. The Labute approximate surface area is 153 Å². The van der Waals surface area contributed by atoms with Crippen LogP contribution in [0.25, 0.3) is 0 Å². The minimum Gasteiger partial charge on any atom is -0.348 e. The van der Waals surface area contributed by atoms with E-state index in [1.807, 2.05) is 26.0 Å². The number of benzene rings is 2. The number of carbonyl (C=O) groups excluding carboxylic acids is 1. The fraction of sp³-hybridized carbons (Fsp3) is 0.278. The molecule has 2 aromatic rings. The first-order valence-electron chi connectivity index (χ1n) is 7.78. The summed E-state index contributed by atoms with van der Waals surface area (Å²) in [7, 11) is -2.31. The van der Waals surface area contributed by atoms with Crippen LogP contribution in [0.4, 0.5) is 0 Å². The monoisotopic (exact) mass is 380 g/mol. The Hall–Kier alpha value is -1.89. The standard InChI is InChI=1S/C18H21ClN2O3S/c1-13-4-10-17(11-5-13)25(23,24)21(3)12-18(22)20-14(2)15-6-8-16(19)9-7-15/h4-11,14H,12H2,1-3H3,(H,20,22)/t14-/m1/s1. The van der Waals surface area contributed by atoms with Crippen molar-refractivity contribution in [2.75, 3.05) is 13.6 Å². The fourth-order valence-electron chi connectivity index (χ4n) is 2.30. The van der Waals surface area contributed by atoms with Crippen molar-refractivity contribution in [3.05, 3.63) is 64.7 Å². The summed E-state index contributed by atoms with van der Waals surface area (Å²) in [6.07, 6.45) is 0. The molecule has 0 fully saturated rings. The van der Waals surface area contributed by atoms with Crippen molar-refractivity contribution in [3.63, 3.8) is 0 Å². The minimum absolute atomic E-state index is 0.166. The maximum Gasteiger partial charge on any atom is 0.243 e. The predicted octanol–water partition coefficient (Wildman–Crippen LogP) is 3.15. The number of hydrogen-bond donors (Lipinski definition) is 1. The first-order valence-corrected chi connectivity index (χ1v) is 9.60. The maximum atomic E-state index is 12.5. The second-order valence-corrected chi connectivity index (χ2v) is 8.40. The molecule has 0 aliphatic carbocycles. The van der Waals surface area contributed by atoms with Crippen molar-refractivity contribution in [1.29, 1.82) is 0 Å². The fourth-order valence-corrected chi connectivity index (χ4v) is 3.55. The molecule has 0 aliphatic rings. The zero-order chi connectivity index (χ0) is 18.6. The molecular formula is C18H21ClN2O3S. The summed E-state index contributed by atoms with van der Waals surface area (Å²) in [4.78, 5) is 12.4. The van der Waals surface area contributed by atoms with Gasteiger partial charge in [0.1, 0.15) is 0 Å². The summed E-state index contributed by atoms with van der Waals surface area (Å²) in [6.45, 7) is 3.45. The lowest BCUT2D eigenvalue weighted by Crippen LogP contribution is -2.39. The lowest BCUT2D eigenvalue weighted by atomic mass is 10.1. The van der Waals surface area contributed by atoms with E-state index >= 15 is 0 Å². The average Bonchev–Trinajstić information content (AvgIpc) is 2.55. The van der Waals surface area contributed by atoms with Crippen LogP contribution in [0.5, 0.6) is 0 Å². The average molecular weight is 381 g/mol. The number of amides is 1. The quantitative estimate of drug-likeness (QED) is 0.837. The molecule has 1 atom stereocenters. The van der Waals surface area contributed by atoms with Crippen LogP contribution in [-0.4, -0.2) is 32.2 Å². The molecule has 0 aromatic heterocycles. The van der Waals surface area contributed by atoms with Gasteiger partial charge in [0.05, 0.1) is 17.5 Å². The molecule has 25 heavy (non-hydrogen) atoms. The van der Waals surface area contributed by atoms with Crippen LogP contribution >= 0.6 is 11.6 Å². The number of likely N-dealkylation sites (N-methyl/N-ethyl adjacent to an activating group) is 1. The van der Waals surface area contributed by atoms with E-state index in [2.05, 4.69) is 5.32 Å². The van der Waals surface area contributed by atoms with E-state index in [1.54, 1.807) is 24.3 Å². The molecule has 5 nitrogen and oxygen atoms in total. The second-order valence-electron chi connectivity index (χ2n) is 5.91. The van der Waals surface area contributed by atoms with Crippen molar-refractivity contribution < 1.29 is 13.2 Å². The minimum atomic E-state index is -3.70. The van der Waals surface area contributed by atoms with E-state index in [0.29, 0.717) is 5.02 Å². The number of rotatable bonds is 6. The summed E-state index contributed by atoms with van der Waals surface area (Å²) < 4.78 is 26.1. The Balaban J connectivity index is 2.01. The third-order valence-electron chi connectivity index (χ3n) is 3.84. The zero-order valence-corrected chi connectivity index (χ0v) is 15.9. The third-order valence-corrected chi connectivity index (χ3v) is 5.91. The lowest BCUT2D eigenvalue weighted by Gasteiger charge is -2.19. The van der Waals surface area contributed by atoms with Gasteiger partial charge in [0.2, 0.25) is 15.9 Å². The normalized spacial score (nSPS) is 12.8. The van der Waals surface area contributed by atoms with Crippen molar-refractivity contribution in [2.45, 2.75) is 24.8 Å². The summed E-state index contributed by atoms with van der Waals surface area (Å²) in [5, 5.41) is 3.41. The molecule has 1 N–H and O–H groups in total. The SMILES string of the molecule is Cc1ccc(S(=O)(=O)N(C)CC(=O)N[C@H](C)c2ccc(Cl)cc2)cc1. The number of hydrogen-bond acceptors (Lipinski definition) is 3. The van der Waals surface area contributed by atoms with Gasteiger partial charge in [0.25, 0.3) is 0 Å². The Kier molecular flexibility index (Phi) is 6.21. The number of halogens is 1. The van der Waals surface area contributed by atoms with Crippen molar-refractivity contribution >= 4 is 27.5 Å². The van der Waals surface area contributed by atoms with E-state index in [4.69, 9.17) is 11.6 Å². The summed E-state index contributed by atoms with van der Waals surface area (Å²) >= 11 is 5.85. The van der Waals surface area contributed by atoms with Crippen LogP contribution in [0.1, 0.15) is 24.1 Å². The van der Waals surface area contributed by atoms with E-state index in [9.17, 15) is 13.2 Å².